The molecular weight excluding hydrogens is 364 g/mol. The Morgan fingerprint density at radius 3 is 2.43 bits per heavy atom. The zero-order valence-corrected chi connectivity index (χ0v) is 16.9. The van der Waals surface area contributed by atoms with Crippen LogP contribution in [0.4, 0.5) is 9.59 Å². The highest BCUT2D eigenvalue weighted by atomic mass is 16.7. The molecule has 2 N–H and O–H groups in total. The lowest BCUT2D eigenvalue weighted by Crippen LogP contribution is -2.44. The van der Waals surface area contributed by atoms with Crippen LogP contribution < -0.4 is 10.6 Å². The van der Waals surface area contributed by atoms with Crippen LogP contribution in [0.1, 0.15) is 39.2 Å². The molecule has 0 aliphatic heterocycles. The Hall–Kier alpha value is -2.32. The van der Waals surface area contributed by atoms with E-state index in [9.17, 15) is 9.59 Å². The molecule has 1 fully saturated rings. The molecule has 0 unspecified atom stereocenters. The third kappa shape index (κ3) is 7.74. The van der Waals surface area contributed by atoms with Crippen LogP contribution in [-0.2, 0) is 25.6 Å². The maximum atomic E-state index is 12.1. The molecule has 8 nitrogen and oxygen atoms in total. The van der Waals surface area contributed by atoms with Gasteiger partial charge in [-0.2, -0.15) is 0 Å². The molecule has 2 rings (SSSR count). The van der Waals surface area contributed by atoms with Gasteiger partial charge in [0.15, 0.2) is 0 Å². The molecule has 28 heavy (non-hydrogen) atoms. The molecule has 156 valence electrons. The summed E-state index contributed by atoms with van der Waals surface area (Å²) in [5.74, 6) is 0. The average molecular weight is 394 g/mol. The Kier molecular flexibility index (Phi) is 8.07. The summed E-state index contributed by atoms with van der Waals surface area (Å²) in [4.78, 5) is 24.2. The fraction of sp³-hybridized carbons (Fsp3) is 0.600. The van der Waals surface area contributed by atoms with Gasteiger partial charge in [0, 0.05) is 13.2 Å². The van der Waals surface area contributed by atoms with Gasteiger partial charge < -0.3 is 29.6 Å². The van der Waals surface area contributed by atoms with E-state index >= 15 is 0 Å². The van der Waals surface area contributed by atoms with Gasteiger partial charge in [0.2, 0.25) is 0 Å². The molecule has 1 aliphatic rings. The number of carbonyl (C=O) groups excluding carboxylic acids is 2. The zero-order valence-electron chi connectivity index (χ0n) is 16.9. The van der Waals surface area contributed by atoms with E-state index in [1.54, 1.807) is 20.8 Å². The van der Waals surface area contributed by atoms with Crippen LogP contribution in [0.15, 0.2) is 30.3 Å². The number of methoxy groups -OCH3 is 1. The molecule has 3 atom stereocenters. The molecule has 0 spiro atoms. The molecule has 1 aliphatic carbocycles. The first-order valence-corrected chi connectivity index (χ1v) is 9.34. The lowest BCUT2D eigenvalue weighted by Gasteiger charge is -2.24. The third-order valence-electron chi connectivity index (χ3n) is 4.14. The second kappa shape index (κ2) is 10.3. The third-order valence-corrected chi connectivity index (χ3v) is 4.14. The van der Waals surface area contributed by atoms with Gasteiger partial charge in [0.1, 0.15) is 19.0 Å². The van der Waals surface area contributed by atoms with Crippen molar-refractivity contribution >= 4 is 12.2 Å². The number of carbonyl (C=O) groups is 2. The van der Waals surface area contributed by atoms with Crippen molar-refractivity contribution in [1.29, 1.82) is 0 Å². The highest BCUT2D eigenvalue weighted by Gasteiger charge is 2.38. The molecule has 1 saturated carbocycles. The highest BCUT2D eigenvalue weighted by molar-refractivity contribution is 5.69. The zero-order chi connectivity index (χ0) is 20.6. The number of rotatable bonds is 7. The predicted octanol–water partition coefficient (Wildman–Crippen LogP) is 2.96. The largest absolute Gasteiger partial charge is 0.445 e. The van der Waals surface area contributed by atoms with Gasteiger partial charge in [-0.05, 0) is 39.2 Å². The SMILES string of the molecule is COCO[C@H]1C[C@H](NC(=O)OCc2ccccc2)C[C@@H]1NC(=O)OC(C)(C)C. The molecule has 0 radical (unpaired) electrons. The van der Waals surface area contributed by atoms with E-state index in [2.05, 4.69) is 10.6 Å². The van der Waals surface area contributed by atoms with E-state index in [4.69, 9.17) is 18.9 Å². The van der Waals surface area contributed by atoms with Crippen molar-refractivity contribution in [3.63, 3.8) is 0 Å². The van der Waals surface area contributed by atoms with Crippen LogP contribution in [0.25, 0.3) is 0 Å². The smallest absolute Gasteiger partial charge is 0.407 e. The van der Waals surface area contributed by atoms with Gasteiger partial charge in [-0.15, -0.1) is 0 Å². The second-order valence-corrected chi connectivity index (χ2v) is 7.74. The van der Waals surface area contributed by atoms with Crippen molar-refractivity contribution in [1.82, 2.24) is 10.6 Å². The Morgan fingerprint density at radius 2 is 1.79 bits per heavy atom. The van der Waals surface area contributed by atoms with E-state index < -0.39 is 17.8 Å². The normalized spacial score (nSPS) is 21.8. The van der Waals surface area contributed by atoms with Gasteiger partial charge in [-0.3, -0.25) is 0 Å². The molecule has 0 aromatic heterocycles. The minimum Gasteiger partial charge on any atom is -0.445 e. The maximum absolute atomic E-state index is 12.1. The number of benzene rings is 1. The fourth-order valence-electron chi connectivity index (χ4n) is 3.00. The van der Waals surface area contributed by atoms with Gasteiger partial charge in [-0.1, -0.05) is 30.3 Å². The number of amides is 2. The van der Waals surface area contributed by atoms with Gasteiger partial charge in [0.25, 0.3) is 0 Å². The Morgan fingerprint density at radius 1 is 1.07 bits per heavy atom. The van der Waals surface area contributed by atoms with Crippen molar-refractivity contribution in [2.24, 2.45) is 0 Å². The van der Waals surface area contributed by atoms with Gasteiger partial charge in [0.05, 0.1) is 12.1 Å². The van der Waals surface area contributed by atoms with Crippen molar-refractivity contribution < 1.29 is 28.5 Å². The summed E-state index contributed by atoms with van der Waals surface area (Å²) in [6, 6.07) is 8.96. The average Bonchev–Trinajstić information content (AvgIpc) is 2.98. The number of hydrogen-bond donors (Lipinski definition) is 2. The number of nitrogens with one attached hydrogen (secondary N) is 2. The van der Waals surface area contributed by atoms with Crippen LogP contribution >= 0.6 is 0 Å². The second-order valence-electron chi connectivity index (χ2n) is 7.74. The Labute approximate surface area is 165 Å². The van der Waals surface area contributed by atoms with Crippen LogP contribution in [0, 0.1) is 0 Å². The summed E-state index contributed by atoms with van der Waals surface area (Å²) >= 11 is 0. The minimum absolute atomic E-state index is 0.0995. The van der Waals surface area contributed by atoms with E-state index in [-0.39, 0.29) is 31.6 Å². The predicted molar refractivity (Wildman–Crippen MR) is 103 cm³/mol. The number of ether oxygens (including phenoxy) is 4. The molecule has 1 aromatic carbocycles. The molecule has 8 heteroatoms. The first-order valence-electron chi connectivity index (χ1n) is 9.34. The summed E-state index contributed by atoms with van der Waals surface area (Å²) in [5, 5.41) is 5.65. The summed E-state index contributed by atoms with van der Waals surface area (Å²) < 4.78 is 21.2. The van der Waals surface area contributed by atoms with E-state index in [1.165, 1.54) is 7.11 Å². The lowest BCUT2D eigenvalue weighted by atomic mass is 10.2. The van der Waals surface area contributed by atoms with Crippen molar-refractivity contribution in [2.45, 2.75) is 64.0 Å². The van der Waals surface area contributed by atoms with Crippen molar-refractivity contribution in [2.75, 3.05) is 13.9 Å². The summed E-state index contributed by atoms with van der Waals surface area (Å²) in [7, 11) is 1.53. The Balaban J connectivity index is 1.85. The van der Waals surface area contributed by atoms with Crippen molar-refractivity contribution in [3.05, 3.63) is 35.9 Å². The fourth-order valence-corrected chi connectivity index (χ4v) is 3.00. The quantitative estimate of drug-likeness (QED) is 0.691. The summed E-state index contributed by atoms with van der Waals surface area (Å²) in [5.41, 5.74) is 0.319. The molecule has 2 amide bonds. The number of alkyl carbamates (subject to hydrolysis) is 2. The highest BCUT2D eigenvalue weighted by Crippen LogP contribution is 2.24. The van der Waals surface area contributed by atoms with Crippen LogP contribution in [0.5, 0.6) is 0 Å². The van der Waals surface area contributed by atoms with Gasteiger partial charge >= 0.3 is 12.2 Å². The molecular formula is C20H30N2O6. The Bertz CT molecular complexity index is 631. The van der Waals surface area contributed by atoms with E-state index in [0.29, 0.717) is 12.8 Å². The molecule has 1 aromatic rings. The standard InChI is InChI=1S/C20H30N2O6/c1-20(2,3)28-19(24)22-16-10-15(11-17(16)27-13-25-4)21-18(23)26-12-14-8-6-5-7-9-14/h5-9,15-17H,10-13H2,1-4H3,(H,21,23)(H,22,24)/t15-,16+,17+/m1/s1. The topological polar surface area (TPSA) is 95.1 Å². The van der Waals surface area contributed by atoms with Crippen LogP contribution in [-0.4, -0.2) is 49.9 Å². The van der Waals surface area contributed by atoms with Crippen LogP contribution in [0.2, 0.25) is 0 Å². The van der Waals surface area contributed by atoms with Gasteiger partial charge in [-0.25, -0.2) is 9.59 Å². The monoisotopic (exact) mass is 394 g/mol. The van der Waals surface area contributed by atoms with Crippen molar-refractivity contribution in [3.8, 4) is 0 Å². The lowest BCUT2D eigenvalue weighted by molar-refractivity contribution is -0.0773. The first-order chi connectivity index (χ1) is 13.3. The maximum Gasteiger partial charge on any atom is 0.407 e. The van der Waals surface area contributed by atoms with E-state index in [0.717, 1.165) is 5.56 Å². The summed E-state index contributed by atoms with van der Waals surface area (Å²) in [6.07, 6.45) is -0.279. The van der Waals surface area contributed by atoms with Crippen LogP contribution in [0.3, 0.4) is 0 Å². The summed E-state index contributed by atoms with van der Waals surface area (Å²) in [6.45, 7) is 5.69. The first kappa shape index (κ1) is 22.0. The minimum atomic E-state index is -0.593. The molecule has 0 heterocycles. The molecule has 0 saturated heterocycles. The molecule has 0 bridgehead atoms. The van der Waals surface area contributed by atoms with E-state index in [1.807, 2.05) is 30.3 Å². The number of hydrogen-bond acceptors (Lipinski definition) is 6.